The molecule has 2 N–H and O–H groups in total. The van der Waals surface area contributed by atoms with Crippen molar-refractivity contribution < 1.29 is 14.3 Å². The molecule has 0 spiro atoms. The van der Waals surface area contributed by atoms with E-state index in [9.17, 15) is 9.59 Å². The van der Waals surface area contributed by atoms with Gasteiger partial charge in [-0.1, -0.05) is 6.42 Å². The van der Waals surface area contributed by atoms with E-state index in [0.717, 1.165) is 44.5 Å². The van der Waals surface area contributed by atoms with Gasteiger partial charge in [-0.15, -0.1) is 0 Å². The van der Waals surface area contributed by atoms with E-state index < -0.39 is 0 Å². The van der Waals surface area contributed by atoms with Crippen molar-refractivity contribution in [1.29, 1.82) is 0 Å². The summed E-state index contributed by atoms with van der Waals surface area (Å²) in [6.45, 7) is 2.10. The Morgan fingerprint density at radius 1 is 1.00 bits per heavy atom. The third-order valence-corrected chi connectivity index (χ3v) is 6.00. The van der Waals surface area contributed by atoms with Crippen molar-refractivity contribution in [2.75, 3.05) is 19.7 Å². The quantitative estimate of drug-likeness (QED) is 0.717. The lowest BCUT2D eigenvalue weighted by molar-refractivity contribution is -0.134. The van der Waals surface area contributed by atoms with Crippen molar-refractivity contribution in [3.05, 3.63) is 46.8 Å². The van der Waals surface area contributed by atoms with Gasteiger partial charge in [-0.05, 0) is 74.8 Å². The molecule has 0 atom stereocenters. The number of carbonyl (C=O) groups excluding carboxylic acids is 2. The van der Waals surface area contributed by atoms with Crippen molar-refractivity contribution in [2.45, 2.75) is 57.9 Å². The number of aromatic nitrogens is 2. The number of piperidine rings is 1. The lowest BCUT2D eigenvalue weighted by Gasteiger charge is -2.26. The van der Waals surface area contributed by atoms with Crippen molar-refractivity contribution >= 4 is 11.8 Å². The maximum Gasteiger partial charge on any atom is 0.260 e. The molecule has 1 aromatic carbocycles. The topological polar surface area (TPSA) is 87.3 Å². The number of aryl methyl sites for hydroxylation is 1. The maximum absolute atomic E-state index is 12.5. The summed E-state index contributed by atoms with van der Waals surface area (Å²) in [6.07, 6.45) is 9.00. The number of likely N-dealkylation sites (tertiary alicyclic amines) is 1. The van der Waals surface area contributed by atoms with E-state index in [0.29, 0.717) is 17.9 Å². The molecule has 1 fully saturated rings. The first kappa shape index (κ1) is 20.4. The number of hydrogen-bond donors (Lipinski definition) is 2. The molecule has 1 saturated heterocycles. The molecule has 0 bridgehead atoms. The molecule has 7 heteroatoms. The molecular formula is C23H30N4O3. The summed E-state index contributed by atoms with van der Waals surface area (Å²) < 4.78 is 5.61. The molecule has 2 aliphatic rings. The Bertz CT molecular complexity index is 869. The first-order valence-corrected chi connectivity index (χ1v) is 11.0. The summed E-state index contributed by atoms with van der Waals surface area (Å²) in [6, 6.07) is 6.92. The van der Waals surface area contributed by atoms with Crippen LogP contribution in [0.1, 0.15) is 65.8 Å². The summed E-state index contributed by atoms with van der Waals surface area (Å²) in [4.78, 5) is 26.6. The number of carbonyl (C=O) groups is 2. The Kier molecular flexibility index (Phi) is 6.67. The fourth-order valence-electron chi connectivity index (χ4n) is 4.22. The number of nitrogens with one attached hydrogen (secondary N) is 2. The van der Waals surface area contributed by atoms with Gasteiger partial charge < -0.3 is 15.0 Å². The van der Waals surface area contributed by atoms with Crippen LogP contribution in [0.4, 0.5) is 0 Å². The Hall–Kier alpha value is -2.83. The van der Waals surface area contributed by atoms with Crippen LogP contribution in [0.3, 0.4) is 0 Å². The molecule has 30 heavy (non-hydrogen) atoms. The highest BCUT2D eigenvalue weighted by molar-refractivity contribution is 5.94. The predicted molar refractivity (Wildman–Crippen MR) is 113 cm³/mol. The van der Waals surface area contributed by atoms with Crippen LogP contribution in [0.2, 0.25) is 0 Å². The van der Waals surface area contributed by atoms with Gasteiger partial charge in [0.05, 0.1) is 12.2 Å². The zero-order valence-corrected chi connectivity index (χ0v) is 17.4. The molecule has 1 aromatic heterocycles. The normalized spacial score (nSPS) is 16.5. The standard InChI is InChI=1S/C23H30N4O3/c28-22(27-13-5-2-6-14-27)16-30-18-11-9-17(10-12-18)23(29)24-15-21-19-7-3-1-4-8-20(19)25-26-21/h9-12H,1-8,13-16H2,(H,24,29)(H,25,26). The van der Waals surface area contributed by atoms with E-state index >= 15 is 0 Å². The highest BCUT2D eigenvalue weighted by atomic mass is 16.5. The van der Waals surface area contributed by atoms with E-state index in [1.54, 1.807) is 24.3 Å². The monoisotopic (exact) mass is 410 g/mol. The van der Waals surface area contributed by atoms with Gasteiger partial charge in [-0.3, -0.25) is 14.7 Å². The number of amides is 2. The highest BCUT2D eigenvalue weighted by Gasteiger charge is 2.18. The van der Waals surface area contributed by atoms with Crippen LogP contribution in [-0.4, -0.2) is 46.6 Å². The number of nitrogens with zero attached hydrogens (tertiary/aromatic N) is 2. The van der Waals surface area contributed by atoms with Crippen LogP contribution in [0, 0.1) is 0 Å². The van der Waals surface area contributed by atoms with Gasteiger partial charge in [0, 0.05) is 24.3 Å². The van der Waals surface area contributed by atoms with Gasteiger partial charge in [0.25, 0.3) is 11.8 Å². The largest absolute Gasteiger partial charge is 0.484 e. The summed E-state index contributed by atoms with van der Waals surface area (Å²) >= 11 is 0. The molecule has 0 radical (unpaired) electrons. The molecule has 1 aliphatic heterocycles. The van der Waals surface area contributed by atoms with Crippen LogP contribution >= 0.6 is 0 Å². The van der Waals surface area contributed by atoms with E-state index in [4.69, 9.17) is 4.74 Å². The first-order valence-electron chi connectivity index (χ1n) is 11.0. The summed E-state index contributed by atoms with van der Waals surface area (Å²) in [5.74, 6) is 0.473. The zero-order chi connectivity index (χ0) is 20.8. The molecule has 1 aliphatic carbocycles. The van der Waals surface area contributed by atoms with Gasteiger partial charge in [-0.2, -0.15) is 5.10 Å². The minimum Gasteiger partial charge on any atom is -0.484 e. The average Bonchev–Trinajstić information content (AvgIpc) is 3.02. The molecule has 160 valence electrons. The fourth-order valence-corrected chi connectivity index (χ4v) is 4.22. The summed E-state index contributed by atoms with van der Waals surface area (Å²) in [5, 5.41) is 10.5. The molecule has 7 nitrogen and oxygen atoms in total. The number of H-pyrrole nitrogens is 1. The van der Waals surface area contributed by atoms with Crippen molar-refractivity contribution in [2.24, 2.45) is 0 Å². The third kappa shape index (κ3) is 5.01. The van der Waals surface area contributed by atoms with Crippen molar-refractivity contribution in [1.82, 2.24) is 20.4 Å². The van der Waals surface area contributed by atoms with Gasteiger partial charge in [0.1, 0.15) is 5.75 Å². The van der Waals surface area contributed by atoms with E-state index in [1.807, 2.05) is 4.90 Å². The Morgan fingerprint density at radius 3 is 2.53 bits per heavy atom. The van der Waals surface area contributed by atoms with Gasteiger partial charge in [0.2, 0.25) is 0 Å². The van der Waals surface area contributed by atoms with Crippen LogP contribution in [0.5, 0.6) is 5.75 Å². The maximum atomic E-state index is 12.5. The number of aromatic amines is 1. The minimum atomic E-state index is -0.142. The number of rotatable bonds is 6. The molecule has 2 amide bonds. The predicted octanol–water partition coefficient (Wildman–Crippen LogP) is 3.00. The fraction of sp³-hybridized carbons (Fsp3) is 0.522. The Morgan fingerprint density at radius 2 is 1.73 bits per heavy atom. The molecular weight excluding hydrogens is 380 g/mol. The second-order valence-corrected chi connectivity index (χ2v) is 8.13. The van der Waals surface area contributed by atoms with Crippen LogP contribution in [0.15, 0.2) is 24.3 Å². The molecule has 2 heterocycles. The van der Waals surface area contributed by atoms with Gasteiger partial charge >= 0.3 is 0 Å². The molecule has 0 saturated carbocycles. The SMILES string of the molecule is O=C(NCc1n[nH]c2c1CCCCC2)c1ccc(OCC(=O)N2CCCCC2)cc1. The van der Waals surface area contributed by atoms with E-state index in [1.165, 1.54) is 36.9 Å². The second-order valence-electron chi connectivity index (χ2n) is 8.13. The third-order valence-electron chi connectivity index (χ3n) is 6.00. The van der Waals surface area contributed by atoms with Gasteiger partial charge in [-0.25, -0.2) is 0 Å². The van der Waals surface area contributed by atoms with Crippen molar-refractivity contribution in [3.8, 4) is 5.75 Å². The molecule has 0 unspecified atom stereocenters. The summed E-state index contributed by atoms with van der Waals surface area (Å²) in [7, 11) is 0. The Balaban J connectivity index is 1.27. The number of hydrogen-bond acceptors (Lipinski definition) is 4. The minimum absolute atomic E-state index is 0.0228. The van der Waals surface area contributed by atoms with E-state index in [2.05, 4.69) is 15.5 Å². The summed E-state index contributed by atoms with van der Waals surface area (Å²) in [5.41, 5.74) is 4.00. The number of fused-ring (bicyclic) bond motifs is 1. The van der Waals surface area contributed by atoms with Crippen molar-refractivity contribution in [3.63, 3.8) is 0 Å². The lowest BCUT2D eigenvalue weighted by atomic mass is 10.1. The smallest absolute Gasteiger partial charge is 0.260 e. The van der Waals surface area contributed by atoms with E-state index in [-0.39, 0.29) is 18.4 Å². The van der Waals surface area contributed by atoms with Crippen LogP contribution < -0.4 is 10.1 Å². The highest BCUT2D eigenvalue weighted by Crippen LogP contribution is 2.21. The van der Waals surface area contributed by atoms with Gasteiger partial charge in [0.15, 0.2) is 6.61 Å². The average molecular weight is 411 g/mol. The number of ether oxygens (including phenoxy) is 1. The van der Waals surface area contributed by atoms with Crippen LogP contribution in [-0.2, 0) is 24.2 Å². The Labute approximate surface area is 177 Å². The first-order chi connectivity index (χ1) is 14.7. The second kappa shape index (κ2) is 9.78. The molecule has 2 aromatic rings. The molecule has 4 rings (SSSR count). The number of benzene rings is 1. The lowest BCUT2D eigenvalue weighted by Crippen LogP contribution is -2.38. The zero-order valence-electron chi connectivity index (χ0n) is 17.4. The van der Waals surface area contributed by atoms with Crippen LogP contribution in [0.25, 0.3) is 0 Å².